The smallest absolute Gasteiger partial charge is 0.306 e. The van der Waals surface area contributed by atoms with Gasteiger partial charge in [0, 0.05) is 18.3 Å². The molecule has 3 heteroatoms. The molecule has 0 amide bonds. The van der Waals surface area contributed by atoms with Gasteiger partial charge in [-0.3, -0.25) is 4.79 Å². The Bertz CT molecular complexity index is 509. The van der Waals surface area contributed by atoms with Crippen molar-refractivity contribution in [3.05, 3.63) is 24.3 Å². The maximum absolute atomic E-state index is 12.3. The Balaban J connectivity index is 1.54. The lowest BCUT2D eigenvalue weighted by Gasteiger charge is -2.29. The van der Waals surface area contributed by atoms with E-state index in [-0.39, 0.29) is 12.1 Å². The van der Waals surface area contributed by atoms with Crippen molar-refractivity contribution in [2.75, 3.05) is 0 Å². The number of carbonyl (C=O) groups is 1. The Morgan fingerprint density at radius 1 is 1.13 bits per heavy atom. The number of allylic oxidation sites excluding steroid dienone is 3. The molecular weight excluding hydrogens is 288 g/mol. The van der Waals surface area contributed by atoms with E-state index >= 15 is 0 Å². The molecule has 23 heavy (non-hydrogen) atoms. The van der Waals surface area contributed by atoms with Crippen LogP contribution in [0.1, 0.15) is 51.9 Å². The molecule has 0 radical (unpaired) electrons. The molecule has 7 atom stereocenters. The van der Waals surface area contributed by atoms with E-state index in [1.165, 1.54) is 12.8 Å². The molecule has 2 saturated carbocycles. The molecule has 3 fully saturated rings. The number of ether oxygens (including phenoxy) is 2. The van der Waals surface area contributed by atoms with Crippen LogP contribution in [0.5, 0.6) is 0 Å². The summed E-state index contributed by atoms with van der Waals surface area (Å²) in [6, 6.07) is 0. The molecule has 1 saturated heterocycles. The van der Waals surface area contributed by atoms with Crippen molar-refractivity contribution in [3.8, 4) is 0 Å². The highest BCUT2D eigenvalue weighted by Gasteiger charge is 2.60. The summed E-state index contributed by atoms with van der Waals surface area (Å²) in [4.78, 5) is 12.3. The number of carbonyl (C=O) groups excluding carboxylic acids is 1. The zero-order valence-corrected chi connectivity index (χ0v) is 14.0. The van der Waals surface area contributed by atoms with Gasteiger partial charge in [0.15, 0.2) is 0 Å². The third kappa shape index (κ3) is 3.26. The SMILES string of the molecule is CC[C@H]1C[C@H]1[C@@H]1OC(=O)CCC/C=C\C/C=C\[C@H]2[C@H]1C[C@@H]1O[C@H]21. The summed E-state index contributed by atoms with van der Waals surface area (Å²) in [6.45, 7) is 2.25. The standard InChI is InChI=1S/C20H28O3/c1-2-13-11-15(13)19-16-12-17-20(22-17)14(16)9-7-5-3-4-6-8-10-18(21)23-19/h3-4,7,9,13-17,19-20H,2,5-6,8,10-12H2,1H3/b4-3-,9-7-/t13-,14-,15+,16+,17-,19-,20+/m0/s1. The van der Waals surface area contributed by atoms with Crippen molar-refractivity contribution in [3.63, 3.8) is 0 Å². The fourth-order valence-corrected chi connectivity index (χ4v) is 4.70. The highest BCUT2D eigenvalue weighted by molar-refractivity contribution is 5.69. The first-order chi connectivity index (χ1) is 11.3. The largest absolute Gasteiger partial charge is 0.462 e. The van der Waals surface area contributed by atoms with Crippen LogP contribution in [-0.2, 0) is 14.3 Å². The molecule has 2 heterocycles. The molecule has 0 unspecified atom stereocenters. The Kier molecular flexibility index (Phi) is 4.31. The molecule has 0 N–H and O–H groups in total. The van der Waals surface area contributed by atoms with Gasteiger partial charge in [-0.15, -0.1) is 0 Å². The second-order valence-corrected chi connectivity index (χ2v) is 7.67. The normalized spacial score (nSPS) is 48.7. The summed E-state index contributed by atoms with van der Waals surface area (Å²) in [6.07, 6.45) is 16.8. The van der Waals surface area contributed by atoms with Gasteiger partial charge < -0.3 is 9.47 Å². The van der Waals surface area contributed by atoms with E-state index in [0.29, 0.717) is 36.4 Å². The van der Waals surface area contributed by atoms with Crippen LogP contribution in [0, 0.1) is 23.7 Å². The third-order valence-electron chi connectivity index (χ3n) is 6.16. The molecule has 0 aromatic rings. The van der Waals surface area contributed by atoms with Crippen LogP contribution in [0.2, 0.25) is 0 Å². The molecule has 0 bridgehead atoms. The number of cyclic esters (lactones) is 1. The minimum absolute atomic E-state index is 0.00798. The summed E-state index contributed by atoms with van der Waals surface area (Å²) < 4.78 is 11.8. The van der Waals surface area contributed by atoms with Gasteiger partial charge in [0.2, 0.25) is 0 Å². The van der Waals surface area contributed by atoms with Crippen LogP contribution in [0.15, 0.2) is 24.3 Å². The first kappa shape index (κ1) is 15.4. The van der Waals surface area contributed by atoms with E-state index in [4.69, 9.17) is 9.47 Å². The molecule has 0 aromatic heterocycles. The molecular formula is C20H28O3. The Morgan fingerprint density at radius 2 is 2.04 bits per heavy atom. The summed E-state index contributed by atoms with van der Waals surface area (Å²) in [5, 5.41) is 0. The fourth-order valence-electron chi connectivity index (χ4n) is 4.70. The van der Waals surface area contributed by atoms with Gasteiger partial charge in [-0.2, -0.15) is 0 Å². The predicted molar refractivity (Wildman–Crippen MR) is 88.8 cm³/mol. The van der Waals surface area contributed by atoms with Gasteiger partial charge in [0.1, 0.15) is 6.10 Å². The second kappa shape index (κ2) is 6.43. The Hall–Kier alpha value is -1.09. The van der Waals surface area contributed by atoms with E-state index in [2.05, 4.69) is 31.2 Å². The number of rotatable bonds is 2. The molecule has 4 aliphatic rings. The van der Waals surface area contributed by atoms with Crippen molar-refractivity contribution in [1.82, 2.24) is 0 Å². The zero-order valence-electron chi connectivity index (χ0n) is 14.0. The third-order valence-corrected chi connectivity index (χ3v) is 6.16. The maximum Gasteiger partial charge on any atom is 0.306 e. The lowest BCUT2D eigenvalue weighted by molar-refractivity contribution is -0.155. The topological polar surface area (TPSA) is 38.8 Å². The number of fused-ring (bicyclic) bond motifs is 3. The van der Waals surface area contributed by atoms with Crippen LogP contribution < -0.4 is 0 Å². The van der Waals surface area contributed by atoms with Crippen LogP contribution >= 0.6 is 0 Å². The van der Waals surface area contributed by atoms with Crippen molar-refractivity contribution in [2.24, 2.45) is 23.7 Å². The van der Waals surface area contributed by atoms with Gasteiger partial charge in [-0.05, 0) is 43.9 Å². The lowest BCUT2D eigenvalue weighted by Crippen LogP contribution is -2.33. The van der Waals surface area contributed by atoms with Gasteiger partial charge in [-0.1, -0.05) is 37.6 Å². The molecule has 2 aliphatic carbocycles. The molecule has 4 rings (SSSR count). The van der Waals surface area contributed by atoms with Crippen LogP contribution in [0.4, 0.5) is 0 Å². The highest BCUT2D eigenvalue weighted by Crippen LogP contribution is 2.55. The minimum atomic E-state index is 0.00798. The quantitative estimate of drug-likeness (QED) is 0.438. The maximum atomic E-state index is 12.3. The summed E-state index contributed by atoms with van der Waals surface area (Å²) in [5.41, 5.74) is 0. The van der Waals surface area contributed by atoms with E-state index in [0.717, 1.165) is 31.6 Å². The number of epoxide rings is 1. The average Bonchev–Trinajstić information content (AvgIpc) is 3.45. The van der Waals surface area contributed by atoms with E-state index < -0.39 is 0 Å². The first-order valence-electron chi connectivity index (χ1n) is 9.44. The highest BCUT2D eigenvalue weighted by atomic mass is 16.6. The van der Waals surface area contributed by atoms with Crippen molar-refractivity contribution >= 4 is 5.97 Å². The molecule has 126 valence electrons. The zero-order chi connectivity index (χ0) is 15.8. The van der Waals surface area contributed by atoms with Gasteiger partial charge in [0.05, 0.1) is 12.2 Å². The molecule has 3 nitrogen and oxygen atoms in total. The van der Waals surface area contributed by atoms with Gasteiger partial charge >= 0.3 is 5.97 Å². The molecule has 0 spiro atoms. The number of esters is 1. The summed E-state index contributed by atoms with van der Waals surface area (Å²) in [5.74, 6) is 2.25. The van der Waals surface area contributed by atoms with Crippen molar-refractivity contribution < 1.29 is 14.3 Å². The van der Waals surface area contributed by atoms with Crippen LogP contribution in [-0.4, -0.2) is 24.3 Å². The Labute approximate surface area is 139 Å². The first-order valence-corrected chi connectivity index (χ1v) is 9.44. The molecule has 0 aromatic carbocycles. The van der Waals surface area contributed by atoms with Crippen molar-refractivity contribution in [1.29, 1.82) is 0 Å². The Morgan fingerprint density at radius 3 is 2.87 bits per heavy atom. The van der Waals surface area contributed by atoms with Crippen molar-refractivity contribution in [2.45, 2.75) is 70.2 Å². The van der Waals surface area contributed by atoms with E-state index in [9.17, 15) is 4.79 Å². The second-order valence-electron chi connectivity index (χ2n) is 7.67. The van der Waals surface area contributed by atoms with E-state index in [1.807, 2.05) is 0 Å². The van der Waals surface area contributed by atoms with E-state index in [1.54, 1.807) is 0 Å². The van der Waals surface area contributed by atoms with Gasteiger partial charge in [0.25, 0.3) is 0 Å². The van der Waals surface area contributed by atoms with Gasteiger partial charge in [-0.25, -0.2) is 0 Å². The fraction of sp³-hybridized carbons (Fsp3) is 0.750. The lowest BCUT2D eigenvalue weighted by atomic mass is 9.86. The minimum Gasteiger partial charge on any atom is -0.462 e. The van der Waals surface area contributed by atoms with Crippen LogP contribution in [0.25, 0.3) is 0 Å². The number of hydrogen-bond donors (Lipinski definition) is 0. The monoisotopic (exact) mass is 316 g/mol. The molecule has 2 aliphatic heterocycles. The van der Waals surface area contributed by atoms with Crippen LogP contribution in [0.3, 0.4) is 0 Å². The summed E-state index contributed by atoms with van der Waals surface area (Å²) >= 11 is 0. The summed E-state index contributed by atoms with van der Waals surface area (Å²) in [7, 11) is 0. The number of hydrogen-bond acceptors (Lipinski definition) is 3. The average molecular weight is 316 g/mol. The predicted octanol–water partition coefficient (Wildman–Crippen LogP) is 4.03.